The lowest BCUT2D eigenvalue weighted by atomic mass is 10.1. The molecule has 1 aromatic heterocycles. The molecule has 2 aromatic rings. The second-order valence-corrected chi connectivity index (χ2v) is 5.91. The van der Waals surface area contributed by atoms with Crippen LogP contribution in [0.2, 0.25) is 0 Å². The highest BCUT2D eigenvalue weighted by Gasteiger charge is 2.22. The first kappa shape index (κ1) is 19.5. The molecule has 26 heavy (non-hydrogen) atoms. The van der Waals surface area contributed by atoms with Crippen LogP contribution in [-0.4, -0.2) is 42.7 Å². The average molecular weight is 361 g/mol. The lowest BCUT2D eigenvalue weighted by Gasteiger charge is -2.10. The standard InChI is InChI=1S/C19H23NO6/c1-10-17(12(3)21)11(2)20-18(10)19(23)26-9-15(22)14-7-6-13(24-4)8-16(14)25-5/h6-8,12,20-21H,9H2,1-5H3/t12-/m0/s1. The van der Waals surface area contributed by atoms with Gasteiger partial charge in [-0.25, -0.2) is 4.79 Å². The van der Waals surface area contributed by atoms with Gasteiger partial charge in [-0.1, -0.05) is 0 Å². The fraction of sp³-hybridized carbons (Fsp3) is 0.368. The Morgan fingerprint density at radius 2 is 1.88 bits per heavy atom. The van der Waals surface area contributed by atoms with Gasteiger partial charge in [0.25, 0.3) is 0 Å². The predicted octanol–water partition coefficient (Wildman–Crippen LogP) is 2.74. The van der Waals surface area contributed by atoms with Crippen LogP contribution in [0.3, 0.4) is 0 Å². The van der Waals surface area contributed by atoms with Crippen molar-refractivity contribution in [1.82, 2.24) is 4.98 Å². The van der Waals surface area contributed by atoms with Gasteiger partial charge in [-0.05, 0) is 38.5 Å². The SMILES string of the molecule is COc1ccc(C(=O)COC(=O)c2[nH]c(C)c([C@H](C)O)c2C)c(OC)c1. The number of carbonyl (C=O) groups is 2. The van der Waals surface area contributed by atoms with E-state index in [0.29, 0.717) is 33.9 Å². The normalized spacial score (nSPS) is 11.8. The molecule has 0 aliphatic rings. The van der Waals surface area contributed by atoms with Crippen LogP contribution in [0.15, 0.2) is 18.2 Å². The number of hydrogen-bond acceptors (Lipinski definition) is 6. The molecule has 2 N–H and O–H groups in total. The van der Waals surface area contributed by atoms with Crippen molar-refractivity contribution in [2.24, 2.45) is 0 Å². The second-order valence-electron chi connectivity index (χ2n) is 5.91. The molecule has 1 aromatic carbocycles. The Morgan fingerprint density at radius 3 is 2.42 bits per heavy atom. The van der Waals surface area contributed by atoms with Crippen molar-refractivity contribution in [2.75, 3.05) is 20.8 Å². The number of ketones is 1. The Kier molecular flexibility index (Phi) is 6.05. The average Bonchev–Trinajstić information content (AvgIpc) is 2.93. The number of hydrogen-bond donors (Lipinski definition) is 2. The maximum atomic E-state index is 12.4. The fourth-order valence-electron chi connectivity index (χ4n) is 2.91. The van der Waals surface area contributed by atoms with Crippen LogP contribution in [-0.2, 0) is 4.74 Å². The van der Waals surface area contributed by atoms with Gasteiger partial charge >= 0.3 is 5.97 Å². The predicted molar refractivity (Wildman–Crippen MR) is 95.1 cm³/mol. The monoisotopic (exact) mass is 361 g/mol. The van der Waals surface area contributed by atoms with Crippen LogP contribution in [0.5, 0.6) is 11.5 Å². The first-order valence-corrected chi connectivity index (χ1v) is 8.09. The second kappa shape index (κ2) is 8.05. The highest BCUT2D eigenvalue weighted by Crippen LogP contribution is 2.26. The number of aromatic amines is 1. The Balaban J connectivity index is 2.13. The van der Waals surface area contributed by atoms with Crippen molar-refractivity contribution in [1.29, 1.82) is 0 Å². The van der Waals surface area contributed by atoms with Crippen LogP contribution in [0.1, 0.15) is 50.7 Å². The van der Waals surface area contributed by atoms with E-state index in [0.717, 1.165) is 0 Å². The molecule has 1 atom stereocenters. The van der Waals surface area contributed by atoms with Gasteiger partial charge in [-0.3, -0.25) is 4.79 Å². The number of nitrogens with one attached hydrogen (secondary N) is 1. The number of rotatable bonds is 7. The maximum Gasteiger partial charge on any atom is 0.355 e. The van der Waals surface area contributed by atoms with E-state index in [-0.39, 0.29) is 5.69 Å². The summed E-state index contributed by atoms with van der Waals surface area (Å²) in [4.78, 5) is 27.6. The summed E-state index contributed by atoms with van der Waals surface area (Å²) in [5.41, 5.74) is 2.47. The van der Waals surface area contributed by atoms with Gasteiger partial charge in [0, 0.05) is 17.3 Å². The molecule has 0 fully saturated rings. The largest absolute Gasteiger partial charge is 0.497 e. The molecule has 0 saturated carbocycles. The third kappa shape index (κ3) is 3.88. The number of aliphatic hydroxyl groups excluding tert-OH is 1. The van der Waals surface area contributed by atoms with Gasteiger partial charge in [0.2, 0.25) is 5.78 Å². The number of aryl methyl sites for hydroxylation is 1. The van der Waals surface area contributed by atoms with Crippen molar-refractivity contribution in [2.45, 2.75) is 26.9 Å². The van der Waals surface area contributed by atoms with Gasteiger partial charge in [0.05, 0.1) is 25.9 Å². The van der Waals surface area contributed by atoms with Crippen LogP contribution in [0, 0.1) is 13.8 Å². The van der Waals surface area contributed by atoms with E-state index in [9.17, 15) is 14.7 Å². The van der Waals surface area contributed by atoms with Crippen molar-refractivity contribution in [3.8, 4) is 11.5 Å². The summed E-state index contributed by atoms with van der Waals surface area (Å²) in [5, 5.41) is 9.80. The Hall–Kier alpha value is -2.80. The summed E-state index contributed by atoms with van der Waals surface area (Å²) in [6.45, 7) is 4.68. The molecule has 1 heterocycles. The fourth-order valence-corrected chi connectivity index (χ4v) is 2.91. The summed E-state index contributed by atoms with van der Waals surface area (Å²) >= 11 is 0. The van der Waals surface area contributed by atoms with Crippen molar-refractivity contribution >= 4 is 11.8 Å². The third-order valence-corrected chi connectivity index (χ3v) is 4.16. The summed E-state index contributed by atoms with van der Waals surface area (Å²) in [6.07, 6.45) is -0.710. The molecule has 7 nitrogen and oxygen atoms in total. The van der Waals surface area contributed by atoms with Crippen LogP contribution in [0.25, 0.3) is 0 Å². The van der Waals surface area contributed by atoms with E-state index >= 15 is 0 Å². The molecule has 140 valence electrons. The smallest absolute Gasteiger partial charge is 0.355 e. The summed E-state index contributed by atoms with van der Waals surface area (Å²) in [7, 11) is 2.96. The zero-order chi connectivity index (χ0) is 19.4. The highest BCUT2D eigenvalue weighted by atomic mass is 16.5. The van der Waals surface area contributed by atoms with Crippen LogP contribution >= 0.6 is 0 Å². The van der Waals surface area contributed by atoms with Gasteiger partial charge < -0.3 is 24.3 Å². The molecular weight excluding hydrogens is 338 g/mol. The topological polar surface area (TPSA) is 97.9 Å². The quantitative estimate of drug-likeness (QED) is 0.581. The van der Waals surface area contributed by atoms with Crippen LogP contribution in [0.4, 0.5) is 0 Å². The van der Waals surface area contributed by atoms with Crippen molar-refractivity contribution < 1.29 is 28.9 Å². The summed E-state index contributed by atoms with van der Waals surface area (Å²) in [6, 6.07) is 4.77. The molecular formula is C19H23NO6. The molecule has 0 bridgehead atoms. The molecule has 0 unspecified atom stereocenters. The third-order valence-electron chi connectivity index (χ3n) is 4.16. The number of aromatic nitrogens is 1. The van der Waals surface area contributed by atoms with Gasteiger partial charge in [0.15, 0.2) is 6.61 Å². The number of carbonyl (C=O) groups excluding carboxylic acids is 2. The zero-order valence-electron chi connectivity index (χ0n) is 15.5. The first-order chi connectivity index (χ1) is 12.3. The van der Waals surface area contributed by atoms with Crippen molar-refractivity contribution in [3.63, 3.8) is 0 Å². The minimum absolute atomic E-state index is 0.230. The number of Topliss-reactive ketones (excluding diaryl/α,β-unsaturated/α-hetero) is 1. The minimum Gasteiger partial charge on any atom is -0.497 e. The Bertz CT molecular complexity index is 822. The number of methoxy groups -OCH3 is 2. The van der Waals surface area contributed by atoms with Crippen LogP contribution < -0.4 is 9.47 Å². The first-order valence-electron chi connectivity index (χ1n) is 8.09. The number of H-pyrrole nitrogens is 1. The van der Waals surface area contributed by atoms with E-state index in [1.54, 1.807) is 39.0 Å². The Labute approximate surface area is 151 Å². The molecule has 7 heteroatoms. The molecule has 0 aliphatic heterocycles. The van der Waals surface area contributed by atoms with Gasteiger partial charge in [0.1, 0.15) is 17.2 Å². The minimum atomic E-state index is -0.710. The molecule has 0 amide bonds. The highest BCUT2D eigenvalue weighted by molar-refractivity contribution is 6.01. The molecule has 2 rings (SSSR count). The van der Waals surface area contributed by atoms with Gasteiger partial charge in [-0.2, -0.15) is 0 Å². The molecule has 0 spiro atoms. The number of aliphatic hydroxyl groups is 1. The number of benzene rings is 1. The molecule has 0 radical (unpaired) electrons. The van der Waals surface area contributed by atoms with E-state index in [1.807, 2.05) is 0 Å². The lowest BCUT2D eigenvalue weighted by Crippen LogP contribution is -2.16. The summed E-state index contributed by atoms with van der Waals surface area (Å²) < 4.78 is 15.4. The number of ether oxygens (including phenoxy) is 3. The maximum absolute atomic E-state index is 12.4. The van der Waals surface area contributed by atoms with Gasteiger partial charge in [-0.15, -0.1) is 0 Å². The van der Waals surface area contributed by atoms with E-state index in [1.165, 1.54) is 14.2 Å². The number of esters is 1. The molecule has 0 aliphatic carbocycles. The lowest BCUT2D eigenvalue weighted by molar-refractivity contribution is 0.0467. The zero-order valence-corrected chi connectivity index (χ0v) is 15.5. The van der Waals surface area contributed by atoms with Crippen molar-refractivity contribution in [3.05, 3.63) is 46.3 Å². The molecule has 0 saturated heterocycles. The van der Waals surface area contributed by atoms with E-state index in [2.05, 4.69) is 4.98 Å². The summed E-state index contributed by atoms with van der Waals surface area (Å²) in [5.74, 6) is -0.153. The van der Waals surface area contributed by atoms with E-state index < -0.39 is 24.5 Å². The Morgan fingerprint density at radius 1 is 1.19 bits per heavy atom. The van der Waals surface area contributed by atoms with E-state index in [4.69, 9.17) is 14.2 Å².